The standard InChI is InChI=1S/C23H16F4N4O3/c1-12(29-20-17(22(33)34)8-15(24)10-28-20)16-7-14(23(25,26)27)11-31-19(32)9-18(30-21(16)31)13-5-3-2-4-6-13/h2-12H,1H3,(H,28,29)(H,33,34)/t12-/m1/s1. The lowest BCUT2D eigenvalue weighted by atomic mass is 10.1. The number of benzene rings is 1. The van der Waals surface area contributed by atoms with Gasteiger partial charge in [0.1, 0.15) is 22.8 Å². The van der Waals surface area contributed by atoms with Gasteiger partial charge in [0.25, 0.3) is 5.56 Å². The average Bonchev–Trinajstić information content (AvgIpc) is 2.79. The number of anilines is 1. The van der Waals surface area contributed by atoms with Crippen LogP contribution in [0.3, 0.4) is 0 Å². The van der Waals surface area contributed by atoms with E-state index in [1.807, 2.05) is 0 Å². The van der Waals surface area contributed by atoms with Crippen LogP contribution in [-0.2, 0) is 6.18 Å². The van der Waals surface area contributed by atoms with Crippen LogP contribution in [0.25, 0.3) is 16.9 Å². The number of nitrogens with one attached hydrogen (secondary N) is 1. The number of halogens is 4. The molecule has 34 heavy (non-hydrogen) atoms. The smallest absolute Gasteiger partial charge is 0.417 e. The fourth-order valence-corrected chi connectivity index (χ4v) is 3.46. The molecule has 174 valence electrons. The Kier molecular flexibility index (Phi) is 5.78. The highest BCUT2D eigenvalue weighted by atomic mass is 19.4. The molecular formula is C23H16F4N4O3. The second-order valence-corrected chi connectivity index (χ2v) is 7.44. The Hall–Kier alpha value is -4.28. The van der Waals surface area contributed by atoms with Gasteiger partial charge in [0.05, 0.1) is 23.5 Å². The maximum atomic E-state index is 13.6. The van der Waals surface area contributed by atoms with Crippen molar-refractivity contribution in [2.75, 3.05) is 5.32 Å². The fourth-order valence-electron chi connectivity index (χ4n) is 3.46. The number of rotatable bonds is 5. The molecule has 0 spiro atoms. The van der Waals surface area contributed by atoms with Gasteiger partial charge in [-0.1, -0.05) is 30.3 Å². The van der Waals surface area contributed by atoms with Crippen molar-refractivity contribution in [2.45, 2.75) is 19.1 Å². The average molecular weight is 472 g/mol. The molecule has 0 saturated carbocycles. The molecule has 1 atom stereocenters. The van der Waals surface area contributed by atoms with Crippen molar-refractivity contribution >= 4 is 17.4 Å². The van der Waals surface area contributed by atoms with Crippen LogP contribution in [0.1, 0.15) is 34.5 Å². The van der Waals surface area contributed by atoms with Crippen molar-refractivity contribution in [3.8, 4) is 11.3 Å². The van der Waals surface area contributed by atoms with Gasteiger partial charge in [0.15, 0.2) is 0 Å². The van der Waals surface area contributed by atoms with Crippen LogP contribution >= 0.6 is 0 Å². The van der Waals surface area contributed by atoms with Gasteiger partial charge in [-0.05, 0) is 19.1 Å². The molecule has 0 radical (unpaired) electrons. The van der Waals surface area contributed by atoms with E-state index >= 15 is 0 Å². The van der Waals surface area contributed by atoms with E-state index in [-0.39, 0.29) is 22.7 Å². The highest BCUT2D eigenvalue weighted by Gasteiger charge is 2.33. The molecule has 0 aliphatic carbocycles. The largest absolute Gasteiger partial charge is 0.478 e. The molecule has 2 N–H and O–H groups in total. The van der Waals surface area contributed by atoms with Gasteiger partial charge in [-0.3, -0.25) is 9.20 Å². The summed E-state index contributed by atoms with van der Waals surface area (Å²) >= 11 is 0. The summed E-state index contributed by atoms with van der Waals surface area (Å²) < 4.78 is 55.0. The molecule has 0 bridgehead atoms. The second kappa shape index (κ2) is 8.58. The molecular weight excluding hydrogens is 456 g/mol. The lowest BCUT2D eigenvalue weighted by molar-refractivity contribution is -0.137. The molecule has 1 aromatic carbocycles. The zero-order valence-corrected chi connectivity index (χ0v) is 17.5. The summed E-state index contributed by atoms with van der Waals surface area (Å²) in [5.41, 5.74) is -1.57. The van der Waals surface area contributed by atoms with E-state index in [1.54, 1.807) is 30.3 Å². The lowest BCUT2D eigenvalue weighted by Crippen LogP contribution is -2.21. The van der Waals surface area contributed by atoms with Crippen LogP contribution in [0.4, 0.5) is 23.4 Å². The molecule has 7 nitrogen and oxygen atoms in total. The van der Waals surface area contributed by atoms with E-state index in [2.05, 4.69) is 15.3 Å². The number of carbonyl (C=O) groups is 1. The predicted molar refractivity (Wildman–Crippen MR) is 115 cm³/mol. The molecule has 4 rings (SSSR count). The van der Waals surface area contributed by atoms with Gasteiger partial charge >= 0.3 is 12.1 Å². The number of nitrogens with zero attached hydrogens (tertiary/aromatic N) is 3. The quantitative estimate of drug-likeness (QED) is 0.406. The van der Waals surface area contributed by atoms with Crippen molar-refractivity contribution in [1.82, 2.24) is 14.4 Å². The normalized spacial score (nSPS) is 12.5. The summed E-state index contributed by atoms with van der Waals surface area (Å²) in [5, 5.41) is 12.0. The molecule has 4 aromatic rings. The fraction of sp³-hybridized carbons (Fsp3) is 0.130. The first-order chi connectivity index (χ1) is 16.0. The van der Waals surface area contributed by atoms with E-state index < -0.39 is 40.7 Å². The molecule has 3 heterocycles. The SMILES string of the molecule is C[C@@H](Nc1ncc(F)cc1C(=O)O)c1cc(C(F)(F)F)cn2c(=O)cc(-c3ccccc3)nc12. The highest BCUT2D eigenvalue weighted by Crippen LogP contribution is 2.33. The third kappa shape index (κ3) is 4.45. The number of fused-ring (bicyclic) bond motifs is 1. The summed E-state index contributed by atoms with van der Waals surface area (Å²) in [6.45, 7) is 1.45. The monoisotopic (exact) mass is 472 g/mol. The van der Waals surface area contributed by atoms with Crippen LogP contribution in [0.5, 0.6) is 0 Å². The van der Waals surface area contributed by atoms with Gasteiger partial charge < -0.3 is 10.4 Å². The summed E-state index contributed by atoms with van der Waals surface area (Å²) in [5.74, 6) is -2.62. The first-order valence-electron chi connectivity index (χ1n) is 9.90. The lowest BCUT2D eigenvalue weighted by Gasteiger charge is -2.20. The molecule has 3 aromatic heterocycles. The Morgan fingerprint density at radius 1 is 1.15 bits per heavy atom. The van der Waals surface area contributed by atoms with E-state index in [4.69, 9.17) is 0 Å². The van der Waals surface area contributed by atoms with E-state index in [0.29, 0.717) is 11.8 Å². The minimum Gasteiger partial charge on any atom is -0.478 e. The Bertz CT molecular complexity index is 1450. The number of aromatic carboxylic acids is 1. The number of aromatic nitrogens is 3. The number of pyridine rings is 2. The number of hydrogen-bond donors (Lipinski definition) is 2. The van der Waals surface area contributed by atoms with Gasteiger partial charge in [-0.15, -0.1) is 0 Å². The summed E-state index contributed by atoms with van der Waals surface area (Å²) in [7, 11) is 0. The van der Waals surface area contributed by atoms with Crippen LogP contribution in [0.15, 0.2) is 65.7 Å². The predicted octanol–water partition coefficient (Wildman–Crippen LogP) is 4.79. The van der Waals surface area contributed by atoms with Crippen molar-refractivity contribution in [3.05, 3.63) is 93.8 Å². The van der Waals surface area contributed by atoms with Crippen molar-refractivity contribution in [2.24, 2.45) is 0 Å². The van der Waals surface area contributed by atoms with Crippen molar-refractivity contribution in [3.63, 3.8) is 0 Å². The summed E-state index contributed by atoms with van der Waals surface area (Å²) in [6, 6.07) is 10.3. The summed E-state index contributed by atoms with van der Waals surface area (Å²) in [6.07, 6.45) is -3.32. The molecule has 0 aliphatic rings. The Labute approximate surface area is 189 Å². The molecule has 0 aliphatic heterocycles. The number of alkyl halides is 3. The van der Waals surface area contributed by atoms with Gasteiger partial charge in [0, 0.05) is 23.4 Å². The second-order valence-electron chi connectivity index (χ2n) is 7.44. The van der Waals surface area contributed by atoms with Crippen LogP contribution in [-0.4, -0.2) is 25.4 Å². The van der Waals surface area contributed by atoms with Crippen LogP contribution in [0, 0.1) is 5.82 Å². The van der Waals surface area contributed by atoms with Crippen molar-refractivity contribution in [1.29, 1.82) is 0 Å². The first-order valence-corrected chi connectivity index (χ1v) is 9.90. The van der Waals surface area contributed by atoms with Crippen LogP contribution in [0.2, 0.25) is 0 Å². The van der Waals surface area contributed by atoms with Crippen molar-refractivity contribution < 1.29 is 27.5 Å². The topological polar surface area (TPSA) is 96.6 Å². The number of carboxylic acids is 1. The Morgan fingerprint density at radius 3 is 2.50 bits per heavy atom. The minimum atomic E-state index is -4.76. The maximum absolute atomic E-state index is 13.6. The molecule has 0 fully saturated rings. The zero-order valence-electron chi connectivity index (χ0n) is 17.5. The highest BCUT2D eigenvalue weighted by molar-refractivity contribution is 5.93. The van der Waals surface area contributed by atoms with Gasteiger partial charge in [-0.2, -0.15) is 13.2 Å². The summed E-state index contributed by atoms with van der Waals surface area (Å²) in [4.78, 5) is 32.4. The maximum Gasteiger partial charge on any atom is 0.417 e. The van der Waals surface area contributed by atoms with Gasteiger partial charge in [0.2, 0.25) is 0 Å². The van der Waals surface area contributed by atoms with E-state index in [9.17, 15) is 32.3 Å². The zero-order chi connectivity index (χ0) is 24.6. The third-order valence-electron chi connectivity index (χ3n) is 5.09. The molecule has 0 unspecified atom stereocenters. The van der Waals surface area contributed by atoms with E-state index in [1.165, 1.54) is 6.92 Å². The minimum absolute atomic E-state index is 0.0350. The Balaban J connectivity index is 1.92. The van der Waals surface area contributed by atoms with E-state index in [0.717, 1.165) is 28.8 Å². The number of carboxylic acid groups (broad SMARTS) is 1. The number of hydrogen-bond acceptors (Lipinski definition) is 5. The molecule has 0 saturated heterocycles. The van der Waals surface area contributed by atoms with Crippen LogP contribution < -0.4 is 10.9 Å². The first kappa shape index (κ1) is 22.9. The molecule has 0 amide bonds. The van der Waals surface area contributed by atoms with Gasteiger partial charge in [-0.25, -0.2) is 19.2 Å². The Morgan fingerprint density at radius 2 is 1.85 bits per heavy atom. The molecule has 11 heteroatoms. The third-order valence-corrected chi connectivity index (χ3v) is 5.09.